The van der Waals surface area contributed by atoms with Crippen molar-refractivity contribution in [3.8, 4) is 0 Å². The summed E-state index contributed by atoms with van der Waals surface area (Å²) in [6.45, 7) is 0. The number of carbonyl (C=O) groups is 2. The van der Waals surface area contributed by atoms with Gasteiger partial charge in [-0.1, -0.05) is 0 Å². The van der Waals surface area contributed by atoms with Crippen LogP contribution in [-0.4, -0.2) is 24.2 Å². The number of aryl methyl sites for hydroxylation is 2. The lowest BCUT2D eigenvalue weighted by molar-refractivity contribution is 0.0991. The molecule has 0 spiro atoms. The minimum Gasteiger partial charge on any atom is -0.365 e. The van der Waals surface area contributed by atoms with Crippen LogP contribution in [0.1, 0.15) is 67.3 Å². The number of hydrogen-bond donors (Lipinski definition) is 2. The molecular formula is C20H22N4O2S2. The van der Waals surface area contributed by atoms with Gasteiger partial charge >= 0.3 is 0 Å². The van der Waals surface area contributed by atoms with Crippen LogP contribution < -0.4 is 11.5 Å². The number of carbonyl (C=O) groups excluding carboxylic acids is 2. The minimum absolute atomic E-state index is 0.426. The van der Waals surface area contributed by atoms with Crippen molar-refractivity contribution >= 4 is 56.9 Å². The molecule has 0 aromatic carbocycles. The molecule has 0 bridgehead atoms. The van der Waals surface area contributed by atoms with Gasteiger partial charge in [-0.25, -0.2) is 9.98 Å². The summed E-state index contributed by atoms with van der Waals surface area (Å²) in [5.74, 6) is -0.851. The Morgan fingerprint density at radius 1 is 0.714 bits per heavy atom. The molecule has 2 heterocycles. The summed E-state index contributed by atoms with van der Waals surface area (Å²) >= 11 is 3.07. The third-order valence-electron chi connectivity index (χ3n) is 5.25. The number of aliphatic imine (C=N–C) groups is 2. The van der Waals surface area contributed by atoms with Gasteiger partial charge in [0.15, 0.2) is 0 Å². The van der Waals surface area contributed by atoms with E-state index < -0.39 is 11.8 Å². The maximum absolute atomic E-state index is 11.9. The van der Waals surface area contributed by atoms with E-state index in [2.05, 4.69) is 9.98 Å². The number of hydrogen-bond acceptors (Lipinski definition) is 6. The van der Waals surface area contributed by atoms with Crippen molar-refractivity contribution in [3.05, 3.63) is 32.0 Å². The third kappa shape index (κ3) is 3.54. The van der Waals surface area contributed by atoms with Gasteiger partial charge in [0, 0.05) is 22.2 Å². The van der Waals surface area contributed by atoms with Crippen molar-refractivity contribution in [1.82, 2.24) is 0 Å². The van der Waals surface area contributed by atoms with E-state index in [0.29, 0.717) is 21.1 Å². The van der Waals surface area contributed by atoms with Gasteiger partial charge in [0.25, 0.3) is 11.8 Å². The van der Waals surface area contributed by atoms with Crippen LogP contribution in [0.4, 0.5) is 10.0 Å². The average molecular weight is 415 g/mol. The van der Waals surface area contributed by atoms with Crippen molar-refractivity contribution < 1.29 is 9.59 Å². The summed E-state index contributed by atoms with van der Waals surface area (Å²) < 4.78 is 0. The average Bonchev–Trinajstić information content (AvgIpc) is 3.22. The lowest BCUT2D eigenvalue weighted by atomic mass is 9.95. The first-order valence-electron chi connectivity index (χ1n) is 9.51. The Labute approximate surface area is 171 Å². The van der Waals surface area contributed by atoms with Crippen LogP contribution in [0, 0.1) is 0 Å². The van der Waals surface area contributed by atoms with Gasteiger partial charge in [0.2, 0.25) is 0 Å². The lowest BCUT2D eigenvalue weighted by Crippen LogP contribution is -2.14. The fourth-order valence-corrected chi connectivity index (χ4v) is 6.49. The maximum Gasteiger partial charge on any atom is 0.252 e. The summed E-state index contributed by atoms with van der Waals surface area (Å²) in [5, 5.41) is 1.29. The van der Waals surface area contributed by atoms with Crippen molar-refractivity contribution in [2.75, 3.05) is 0 Å². The molecule has 2 aromatic rings. The van der Waals surface area contributed by atoms with Gasteiger partial charge < -0.3 is 11.5 Å². The zero-order valence-electron chi connectivity index (χ0n) is 15.5. The molecule has 0 radical (unpaired) electrons. The van der Waals surface area contributed by atoms with E-state index in [1.807, 2.05) is 0 Å². The standard InChI is InChI=1S/C20H22N4O2S2/c21-17(25)15-11-5-1-3-7-13(11)27-19(15)23-9-10-24-20-16(18(22)26)12-6-2-4-8-14(12)28-20/h9-10H,1-8H2,(H2,21,25)(H2,22,26). The summed E-state index contributed by atoms with van der Waals surface area (Å²) in [6.07, 6.45) is 11.3. The molecule has 0 saturated carbocycles. The Bertz CT molecular complexity index is 920. The number of nitrogens with two attached hydrogens (primary N) is 2. The third-order valence-corrected chi connectivity index (χ3v) is 7.65. The highest BCUT2D eigenvalue weighted by atomic mass is 32.1. The van der Waals surface area contributed by atoms with Gasteiger partial charge in [-0.3, -0.25) is 9.59 Å². The molecule has 0 aliphatic heterocycles. The summed E-state index contributed by atoms with van der Waals surface area (Å²) in [6, 6.07) is 0. The van der Waals surface area contributed by atoms with E-state index in [4.69, 9.17) is 11.5 Å². The highest BCUT2D eigenvalue weighted by Crippen LogP contribution is 2.40. The van der Waals surface area contributed by atoms with Gasteiger partial charge in [-0.2, -0.15) is 0 Å². The number of amides is 2. The second-order valence-corrected chi connectivity index (χ2v) is 9.23. The van der Waals surface area contributed by atoms with Crippen molar-refractivity contribution in [2.45, 2.75) is 51.4 Å². The quantitative estimate of drug-likeness (QED) is 0.724. The molecule has 4 N–H and O–H groups in total. The topological polar surface area (TPSA) is 111 Å². The monoisotopic (exact) mass is 414 g/mol. The molecule has 2 aliphatic rings. The Morgan fingerprint density at radius 3 is 1.50 bits per heavy atom. The van der Waals surface area contributed by atoms with E-state index in [1.54, 1.807) is 12.4 Å². The fourth-order valence-electron chi connectivity index (χ4n) is 4.00. The van der Waals surface area contributed by atoms with E-state index in [-0.39, 0.29) is 0 Å². The Hall–Kier alpha value is -2.32. The van der Waals surface area contributed by atoms with Crippen LogP contribution in [0.15, 0.2) is 9.98 Å². The van der Waals surface area contributed by atoms with Crippen molar-refractivity contribution in [3.63, 3.8) is 0 Å². The SMILES string of the molecule is NC(=O)c1c(N=CC=Nc2sc3c(c2C(N)=O)CCCC3)sc2c1CCCC2. The number of nitrogens with zero attached hydrogens (tertiary/aromatic N) is 2. The molecule has 8 heteroatoms. The van der Waals surface area contributed by atoms with Crippen LogP contribution in [0.5, 0.6) is 0 Å². The normalized spacial score (nSPS) is 16.4. The number of primary amides is 2. The molecule has 0 saturated heterocycles. The number of rotatable bonds is 5. The molecule has 2 amide bonds. The summed E-state index contributed by atoms with van der Waals surface area (Å²) in [7, 11) is 0. The molecule has 28 heavy (non-hydrogen) atoms. The summed E-state index contributed by atoms with van der Waals surface area (Å²) in [5.41, 5.74) is 14.4. The van der Waals surface area contributed by atoms with Gasteiger partial charge in [-0.15, -0.1) is 22.7 Å². The first-order valence-corrected chi connectivity index (χ1v) is 11.1. The number of fused-ring (bicyclic) bond motifs is 2. The molecular weight excluding hydrogens is 392 g/mol. The van der Waals surface area contributed by atoms with E-state index >= 15 is 0 Å². The van der Waals surface area contributed by atoms with Crippen LogP contribution in [0.3, 0.4) is 0 Å². The van der Waals surface area contributed by atoms with E-state index in [0.717, 1.165) is 62.5 Å². The molecule has 2 aliphatic carbocycles. The second-order valence-electron chi connectivity index (χ2n) is 7.07. The molecule has 0 atom stereocenters. The first kappa shape index (κ1) is 19.0. The largest absolute Gasteiger partial charge is 0.365 e. The van der Waals surface area contributed by atoms with Crippen LogP contribution in [0.2, 0.25) is 0 Å². The van der Waals surface area contributed by atoms with Gasteiger partial charge in [0.1, 0.15) is 10.0 Å². The number of thiophene rings is 2. The molecule has 146 valence electrons. The maximum atomic E-state index is 11.9. The van der Waals surface area contributed by atoms with E-state index in [1.165, 1.54) is 32.4 Å². The van der Waals surface area contributed by atoms with Crippen LogP contribution in [-0.2, 0) is 25.7 Å². The minimum atomic E-state index is -0.426. The zero-order chi connectivity index (χ0) is 19.7. The zero-order valence-corrected chi connectivity index (χ0v) is 17.1. The Kier molecular flexibility index (Phi) is 5.41. The predicted octanol–water partition coefficient (Wildman–Crippen LogP) is 3.87. The van der Waals surface area contributed by atoms with Crippen molar-refractivity contribution in [1.29, 1.82) is 0 Å². The molecule has 4 rings (SSSR count). The van der Waals surface area contributed by atoms with E-state index in [9.17, 15) is 9.59 Å². The Balaban J connectivity index is 1.60. The first-order chi connectivity index (χ1) is 13.6. The van der Waals surface area contributed by atoms with Gasteiger partial charge in [0.05, 0.1) is 11.1 Å². The second kappa shape index (κ2) is 7.97. The molecule has 2 aromatic heterocycles. The molecule has 0 unspecified atom stereocenters. The highest BCUT2D eigenvalue weighted by molar-refractivity contribution is 7.17. The Morgan fingerprint density at radius 2 is 1.11 bits per heavy atom. The van der Waals surface area contributed by atoms with Crippen LogP contribution in [0.25, 0.3) is 0 Å². The van der Waals surface area contributed by atoms with Gasteiger partial charge in [-0.05, 0) is 62.5 Å². The predicted molar refractivity (Wildman–Crippen MR) is 115 cm³/mol. The molecule has 0 fully saturated rings. The van der Waals surface area contributed by atoms with Crippen LogP contribution >= 0.6 is 22.7 Å². The highest BCUT2D eigenvalue weighted by Gasteiger charge is 2.24. The lowest BCUT2D eigenvalue weighted by Gasteiger charge is -2.10. The molecule has 6 nitrogen and oxygen atoms in total. The summed E-state index contributed by atoms with van der Waals surface area (Å²) in [4.78, 5) is 35.1. The smallest absolute Gasteiger partial charge is 0.252 e. The van der Waals surface area contributed by atoms with Crippen molar-refractivity contribution in [2.24, 2.45) is 21.5 Å². The fraction of sp³-hybridized carbons (Fsp3) is 0.400.